The van der Waals surface area contributed by atoms with Crippen molar-refractivity contribution >= 4 is 10.8 Å². The fourth-order valence-electron chi connectivity index (χ4n) is 6.71. The molecule has 0 unspecified atom stereocenters. The predicted octanol–water partition coefficient (Wildman–Crippen LogP) is 11.0. The Kier molecular flexibility index (Phi) is 6.14. The van der Waals surface area contributed by atoms with Gasteiger partial charge in [-0.25, -0.2) is 9.97 Å². The number of aromatic nitrogens is 3. The molecule has 46 heavy (non-hydrogen) atoms. The van der Waals surface area contributed by atoms with Crippen LogP contribution in [0.4, 0.5) is 0 Å². The maximum atomic E-state index is 5.05. The first kappa shape index (κ1) is 26.2. The van der Waals surface area contributed by atoms with E-state index in [1.54, 1.807) is 6.20 Å². The Labute approximate surface area is 267 Å². The molecule has 0 N–H and O–H groups in total. The summed E-state index contributed by atoms with van der Waals surface area (Å²) in [4.78, 5) is 14.3. The molecule has 0 radical (unpaired) electrons. The Bertz CT molecular complexity index is 2350. The van der Waals surface area contributed by atoms with Crippen molar-refractivity contribution in [2.24, 2.45) is 0 Å². The lowest BCUT2D eigenvalue weighted by Gasteiger charge is -2.12. The SMILES string of the molecule is c1ccc(-c2nc(-c3ccc(-c4cccnc4)cc3)cc(-c3ccc(-c4ccc5c6c(cccc46)-c4ccccc4-5)cc3)n2)cc1. The number of hydrogen-bond donors (Lipinski definition) is 0. The quantitative estimate of drug-likeness (QED) is 0.202. The molecule has 3 nitrogen and oxygen atoms in total. The van der Waals surface area contributed by atoms with Crippen LogP contribution < -0.4 is 0 Å². The first-order chi connectivity index (χ1) is 22.8. The van der Waals surface area contributed by atoms with Crippen LogP contribution >= 0.6 is 0 Å². The number of benzene rings is 6. The summed E-state index contributed by atoms with van der Waals surface area (Å²) in [6.07, 6.45) is 3.68. The summed E-state index contributed by atoms with van der Waals surface area (Å²) in [5.41, 5.74) is 14.8. The topological polar surface area (TPSA) is 38.7 Å². The van der Waals surface area contributed by atoms with Crippen LogP contribution in [0.3, 0.4) is 0 Å². The molecule has 214 valence electrons. The zero-order valence-electron chi connectivity index (χ0n) is 24.9. The Morgan fingerprint density at radius 3 is 1.59 bits per heavy atom. The average molecular weight is 586 g/mol. The monoisotopic (exact) mass is 585 g/mol. The third kappa shape index (κ3) is 4.41. The molecule has 0 spiro atoms. The molecule has 2 heterocycles. The summed E-state index contributed by atoms with van der Waals surface area (Å²) < 4.78 is 0. The van der Waals surface area contributed by atoms with Crippen molar-refractivity contribution in [2.45, 2.75) is 0 Å². The van der Waals surface area contributed by atoms with Crippen LogP contribution in [0.1, 0.15) is 0 Å². The molecule has 0 saturated heterocycles. The summed E-state index contributed by atoms with van der Waals surface area (Å²) in [5, 5.41) is 2.62. The van der Waals surface area contributed by atoms with Crippen molar-refractivity contribution in [1.82, 2.24) is 15.0 Å². The molecule has 1 aliphatic rings. The third-order valence-corrected chi connectivity index (χ3v) is 8.97. The first-order valence-corrected chi connectivity index (χ1v) is 15.5. The van der Waals surface area contributed by atoms with Gasteiger partial charge in [0.2, 0.25) is 0 Å². The number of rotatable bonds is 5. The van der Waals surface area contributed by atoms with Gasteiger partial charge in [-0.05, 0) is 67.4 Å². The highest BCUT2D eigenvalue weighted by atomic mass is 14.9. The van der Waals surface area contributed by atoms with Gasteiger partial charge in [-0.1, -0.05) is 140 Å². The predicted molar refractivity (Wildman–Crippen MR) is 189 cm³/mol. The zero-order valence-corrected chi connectivity index (χ0v) is 24.9. The van der Waals surface area contributed by atoms with Crippen LogP contribution in [0.15, 0.2) is 164 Å². The van der Waals surface area contributed by atoms with Crippen LogP contribution in [0.25, 0.3) is 89.2 Å². The molecule has 0 fully saturated rings. The first-order valence-electron chi connectivity index (χ1n) is 15.5. The molecule has 0 saturated carbocycles. The molecular weight excluding hydrogens is 558 g/mol. The largest absolute Gasteiger partial charge is 0.264 e. The van der Waals surface area contributed by atoms with E-state index in [2.05, 4.69) is 132 Å². The lowest BCUT2D eigenvalue weighted by molar-refractivity contribution is 1.18. The fourth-order valence-corrected chi connectivity index (χ4v) is 6.71. The second-order valence-corrected chi connectivity index (χ2v) is 11.7. The minimum absolute atomic E-state index is 0.709. The van der Waals surface area contributed by atoms with E-state index in [1.165, 1.54) is 44.2 Å². The van der Waals surface area contributed by atoms with Crippen LogP contribution in [-0.2, 0) is 0 Å². The number of fused-ring (bicyclic) bond motifs is 3. The molecule has 9 rings (SSSR count). The van der Waals surface area contributed by atoms with Crippen LogP contribution in [0.5, 0.6) is 0 Å². The van der Waals surface area contributed by atoms with Gasteiger partial charge in [0.15, 0.2) is 5.82 Å². The maximum Gasteiger partial charge on any atom is 0.160 e. The molecule has 0 amide bonds. The van der Waals surface area contributed by atoms with Gasteiger partial charge in [0.25, 0.3) is 0 Å². The van der Waals surface area contributed by atoms with E-state index in [4.69, 9.17) is 9.97 Å². The minimum atomic E-state index is 0.709. The Morgan fingerprint density at radius 1 is 0.348 bits per heavy atom. The highest BCUT2D eigenvalue weighted by molar-refractivity contribution is 6.18. The van der Waals surface area contributed by atoms with Gasteiger partial charge >= 0.3 is 0 Å². The lowest BCUT2D eigenvalue weighted by Crippen LogP contribution is -1.96. The third-order valence-electron chi connectivity index (χ3n) is 8.97. The number of hydrogen-bond acceptors (Lipinski definition) is 3. The highest BCUT2D eigenvalue weighted by Gasteiger charge is 2.22. The van der Waals surface area contributed by atoms with Crippen molar-refractivity contribution in [3.8, 4) is 78.4 Å². The van der Waals surface area contributed by atoms with Gasteiger partial charge in [0, 0.05) is 29.1 Å². The van der Waals surface area contributed by atoms with Crippen molar-refractivity contribution in [3.05, 3.63) is 164 Å². The Morgan fingerprint density at radius 2 is 0.913 bits per heavy atom. The van der Waals surface area contributed by atoms with Crippen molar-refractivity contribution < 1.29 is 0 Å². The minimum Gasteiger partial charge on any atom is -0.264 e. The number of nitrogens with zero attached hydrogens (tertiary/aromatic N) is 3. The van der Waals surface area contributed by atoms with Crippen LogP contribution in [0, 0.1) is 0 Å². The lowest BCUT2D eigenvalue weighted by atomic mass is 9.93. The van der Waals surface area contributed by atoms with Gasteiger partial charge in [-0.3, -0.25) is 4.98 Å². The standard InChI is InChI=1S/C43H27N3/c1-2-8-32(9-3-1)43-45-40(30-19-15-28(16-20-30)33-10-7-25-44-27-33)26-41(46-43)31-21-17-29(18-22-31)34-23-24-39-36-12-5-4-11-35(36)38-14-6-13-37(34)42(38)39/h1-27H. The molecule has 1 aliphatic carbocycles. The van der Waals surface area contributed by atoms with Gasteiger partial charge in [-0.15, -0.1) is 0 Å². The summed E-state index contributed by atoms with van der Waals surface area (Å²) in [7, 11) is 0. The smallest absolute Gasteiger partial charge is 0.160 e. The number of pyridine rings is 1. The normalized spacial score (nSPS) is 11.5. The Hall–Kier alpha value is -6.19. The van der Waals surface area contributed by atoms with E-state index in [9.17, 15) is 0 Å². The van der Waals surface area contributed by atoms with E-state index < -0.39 is 0 Å². The van der Waals surface area contributed by atoms with Gasteiger partial charge < -0.3 is 0 Å². The molecule has 2 aromatic heterocycles. The molecule has 8 aromatic rings. The van der Waals surface area contributed by atoms with Crippen LogP contribution in [0.2, 0.25) is 0 Å². The van der Waals surface area contributed by atoms with E-state index in [0.717, 1.165) is 39.2 Å². The summed E-state index contributed by atoms with van der Waals surface area (Å²) in [6, 6.07) is 53.6. The second kappa shape index (κ2) is 10.8. The zero-order chi connectivity index (χ0) is 30.5. The fraction of sp³-hybridized carbons (Fsp3) is 0. The van der Waals surface area contributed by atoms with E-state index in [1.807, 2.05) is 30.5 Å². The van der Waals surface area contributed by atoms with Crippen molar-refractivity contribution in [3.63, 3.8) is 0 Å². The van der Waals surface area contributed by atoms with Crippen molar-refractivity contribution in [2.75, 3.05) is 0 Å². The van der Waals surface area contributed by atoms with Gasteiger partial charge in [-0.2, -0.15) is 0 Å². The van der Waals surface area contributed by atoms with Gasteiger partial charge in [0.1, 0.15) is 0 Å². The maximum absolute atomic E-state index is 5.05. The summed E-state index contributed by atoms with van der Waals surface area (Å²) >= 11 is 0. The van der Waals surface area contributed by atoms with E-state index in [0.29, 0.717) is 5.82 Å². The molecule has 0 aliphatic heterocycles. The average Bonchev–Trinajstić information content (AvgIpc) is 3.47. The molecule has 0 atom stereocenters. The van der Waals surface area contributed by atoms with Gasteiger partial charge in [0.05, 0.1) is 11.4 Å². The second-order valence-electron chi connectivity index (χ2n) is 11.7. The van der Waals surface area contributed by atoms with Crippen molar-refractivity contribution in [1.29, 1.82) is 0 Å². The highest BCUT2D eigenvalue weighted by Crippen LogP contribution is 2.49. The van der Waals surface area contributed by atoms with E-state index >= 15 is 0 Å². The molecule has 3 heteroatoms. The summed E-state index contributed by atoms with van der Waals surface area (Å²) in [5.74, 6) is 0.709. The summed E-state index contributed by atoms with van der Waals surface area (Å²) in [6.45, 7) is 0. The Balaban J connectivity index is 1.11. The van der Waals surface area contributed by atoms with E-state index in [-0.39, 0.29) is 0 Å². The molecule has 0 bridgehead atoms. The molecule has 6 aromatic carbocycles. The molecular formula is C43H27N3. The van der Waals surface area contributed by atoms with Crippen LogP contribution in [-0.4, -0.2) is 15.0 Å².